The monoisotopic (exact) mass is 503 g/mol. The molecule has 0 saturated heterocycles. The summed E-state index contributed by atoms with van der Waals surface area (Å²) in [5.74, 6) is 1.60. The summed E-state index contributed by atoms with van der Waals surface area (Å²) < 4.78 is 7.42. The highest BCUT2D eigenvalue weighted by molar-refractivity contribution is 6.00. The van der Waals surface area contributed by atoms with Crippen molar-refractivity contribution >= 4 is 16.9 Å². The molecule has 1 unspecified atom stereocenters. The van der Waals surface area contributed by atoms with Crippen molar-refractivity contribution < 1.29 is 4.74 Å². The normalized spacial score (nSPS) is 12.1. The molecule has 0 aliphatic heterocycles. The molecule has 8 heteroatoms. The molecule has 190 valence electrons. The molecule has 0 amide bonds. The summed E-state index contributed by atoms with van der Waals surface area (Å²) in [5.41, 5.74) is 8.20. The fraction of sp³-hybridized carbons (Fsp3) is 0.167. The van der Waals surface area contributed by atoms with E-state index < -0.39 is 0 Å². The first-order valence-corrected chi connectivity index (χ1v) is 12.6. The Morgan fingerprint density at radius 2 is 1.82 bits per heavy atom. The number of hydrogen-bond acceptors (Lipinski definition) is 5. The van der Waals surface area contributed by atoms with Crippen LogP contribution in [0.3, 0.4) is 0 Å². The summed E-state index contributed by atoms with van der Waals surface area (Å²) in [5, 5.41) is 9.40. The Bertz CT molecular complexity index is 1700. The van der Waals surface area contributed by atoms with Gasteiger partial charge in [-0.25, -0.2) is 9.97 Å². The van der Waals surface area contributed by atoms with Crippen LogP contribution in [0.1, 0.15) is 29.9 Å². The summed E-state index contributed by atoms with van der Waals surface area (Å²) in [7, 11) is 1.69. The van der Waals surface area contributed by atoms with Gasteiger partial charge >= 0.3 is 0 Å². The molecule has 4 heterocycles. The second-order valence-corrected chi connectivity index (χ2v) is 9.37. The summed E-state index contributed by atoms with van der Waals surface area (Å²) in [4.78, 5) is 15.9. The average Bonchev–Trinajstić information content (AvgIpc) is 3.68. The number of fused-ring (bicyclic) bond motifs is 1. The zero-order valence-corrected chi connectivity index (χ0v) is 21.6. The van der Waals surface area contributed by atoms with Crippen LogP contribution in [0, 0.1) is 6.92 Å². The fourth-order valence-corrected chi connectivity index (χ4v) is 4.96. The van der Waals surface area contributed by atoms with Crippen LogP contribution >= 0.6 is 0 Å². The molecule has 6 rings (SSSR count). The van der Waals surface area contributed by atoms with Gasteiger partial charge in [0.05, 0.1) is 30.8 Å². The standard InChI is InChI=1S/C30H29N7O/c1-19-15-23(21-9-5-4-6-10-21)28(34-19)20(2)35-30-27-24(16-31-29(27)32-18-33-30)25-13-14-37(36-25)17-22-11-7-8-12-26(22)38-3/h4-16,18,20,34H,17H2,1-3H3,(H2,31,32,33,35). The van der Waals surface area contributed by atoms with Crippen molar-refractivity contribution in [2.75, 3.05) is 12.4 Å². The third-order valence-corrected chi connectivity index (χ3v) is 6.77. The van der Waals surface area contributed by atoms with Crippen LogP contribution < -0.4 is 10.1 Å². The third kappa shape index (κ3) is 4.41. The Balaban J connectivity index is 1.32. The number of aromatic nitrogens is 6. The Morgan fingerprint density at radius 1 is 1.00 bits per heavy atom. The molecule has 0 radical (unpaired) electrons. The fourth-order valence-electron chi connectivity index (χ4n) is 4.96. The van der Waals surface area contributed by atoms with Gasteiger partial charge in [-0.1, -0.05) is 48.5 Å². The average molecular weight is 504 g/mol. The van der Waals surface area contributed by atoms with E-state index in [0.717, 1.165) is 50.8 Å². The quantitative estimate of drug-likeness (QED) is 0.225. The number of hydrogen-bond donors (Lipinski definition) is 3. The number of nitrogens with zero attached hydrogens (tertiary/aromatic N) is 4. The van der Waals surface area contributed by atoms with Crippen molar-refractivity contribution in [3.05, 3.63) is 102 Å². The van der Waals surface area contributed by atoms with Crippen molar-refractivity contribution in [2.24, 2.45) is 0 Å². The zero-order valence-electron chi connectivity index (χ0n) is 21.6. The first-order valence-electron chi connectivity index (χ1n) is 12.6. The third-order valence-electron chi connectivity index (χ3n) is 6.77. The highest BCUT2D eigenvalue weighted by Gasteiger charge is 2.20. The van der Waals surface area contributed by atoms with Gasteiger partial charge in [0.2, 0.25) is 0 Å². The molecule has 3 N–H and O–H groups in total. The second kappa shape index (κ2) is 9.89. The van der Waals surface area contributed by atoms with E-state index in [1.54, 1.807) is 13.4 Å². The Labute approximate surface area is 220 Å². The SMILES string of the molecule is COc1ccccc1Cn1ccc(-c2c[nH]c3ncnc(NC(C)c4[nH]c(C)cc4-c4ccccc4)c23)n1. The van der Waals surface area contributed by atoms with Gasteiger partial charge in [0.15, 0.2) is 0 Å². The van der Waals surface area contributed by atoms with Gasteiger partial charge in [0.25, 0.3) is 0 Å². The zero-order chi connectivity index (χ0) is 26.1. The van der Waals surface area contributed by atoms with Crippen LogP contribution in [0.4, 0.5) is 5.82 Å². The number of H-pyrrole nitrogens is 2. The maximum Gasteiger partial charge on any atom is 0.143 e. The Hall–Kier alpha value is -4.85. The highest BCUT2D eigenvalue weighted by atomic mass is 16.5. The minimum absolute atomic E-state index is 0.0251. The Morgan fingerprint density at radius 3 is 2.66 bits per heavy atom. The first-order chi connectivity index (χ1) is 18.6. The molecular weight excluding hydrogens is 474 g/mol. The highest BCUT2D eigenvalue weighted by Crippen LogP contribution is 2.35. The van der Waals surface area contributed by atoms with Crippen LogP contribution in [-0.2, 0) is 6.54 Å². The maximum absolute atomic E-state index is 5.51. The van der Waals surface area contributed by atoms with Gasteiger partial charge in [-0.3, -0.25) is 4.68 Å². The number of para-hydroxylation sites is 1. The molecule has 1 atom stereocenters. The van der Waals surface area contributed by atoms with Gasteiger partial charge in [-0.05, 0) is 37.6 Å². The lowest BCUT2D eigenvalue weighted by Crippen LogP contribution is -2.10. The molecule has 0 aliphatic carbocycles. The maximum atomic E-state index is 5.51. The smallest absolute Gasteiger partial charge is 0.143 e. The van der Waals surface area contributed by atoms with E-state index >= 15 is 0 Å². The molecule has 0 fully saturated rings. The van der Waals surface area contributed by atoms with Gasteiger partial charge in [-0.2, -0.15) is 5.10 Å². The number of aryl methyl sites for hydroxylation is 1. The van der Waals surface area contributed by atoms with E-state index in [0.29, 0.717) is 6.54 Å². The van der Waals surface area contributed by atoms with E-state index in [-0.39, 0.29) is 6.04 Å². The molecule has 6 aromatic rings. The minimum atomic E-state index is -0.0251. The van der Waals surface area contributed by atoms with E-state index in [1.165, 1.54) is 11.1 Å². The van der Waals surface area contributed by atoms with Crippen molar-refractivity contribution in [3.8, 4) is 28.1 Å². The lowest BCUT2D eigenvalue weighted by molar-refractivity contribution is 0.407. The lowest BCUT2D eigenvalue weighted by Gasteiger charge is -2.17. The molecule has 4 aromatic heterocycles. The largest absolute Gasteiger partial charge is 0.496 e. The summed E-state index contributed by atoms with van der Waals surface area (Å²) >= 11 is 0. The van der Waals surface area contributed by atoms with E-state index in [2.05, 4.69) is 75.5 Å². The van der Waals surface area contributed by atoms with E-state index in [4.69, 9.17) is 9.84 Å². The summed E-state index contributed by atoms with van der Waals surface area (Å²) in [6.45, 7) is 4.83. The predicted molar refractivity (Wildman–Crippen MR) is 150 cm³/mol. The number of ether oxygens (including phenoxy) is 1. The van der Waals surface area contributed by atoms with E-state index in [9.17, 15) is 0 Å². The minimum Gasteiger partial charge on any atom is -0.496 e. The van der Waals surface area contributed by atoms with E-state index in [1.807, 2.05) is 47.4 Å². The van der Waals surface area contributed by atoms with Gasteiger partial charge in [-0.15, -0.1) is 0 Å². The molecule has 0 aliphatic rings. The number of rotatable bonds is 8. The van der Waals surface area contributed by atoms with Crippen molar-refractivity contribution in [3.63, 3.8) is 0 Å². The van der Waals surface area contributed by atoms with Crippen molar-refractivity contribution in [1.29, 1.82) is 0 Å². The topological polar surface area (TPSA) is 96.4 Å². The second-order valence-electron chi connectivity index (χ2n) is 9.37. The van der Waals surface area contributed by atoms with Crippen LogP contribution in [-0.4, -0.2) is 36.8 Å². The molecule has 0 bridgehead atoms. The van der Waals surface area contributed by atoms with Crippen LogP contribution in [0.2, 0.25) is 0 Å². The summed E-state index contributed by atoms with van der Waals surface area (Å²) in [6.07, 6.45) is 5.50. The predicted octanol–water partition coefficient (Wildman–Crippen LogP) is 6.35. The number of aromatic amines is 2. The van der Waals surface area contributed by atoms with Gasteiger partial charge in [0, 0.05) is 40.5 Å². The first kappa shape index (κ1) is 23.5. The van der Waals surface area contributed by atoms with Crippen molar-refractivity contribution in [2.45, 2.75) is 26.4 Å². The van der Waals surface area contributed by atoms with Crippen LogP contribution in [0.15, 0.2) is 85.5 Å². The molecule has 2 aromatic carbocycles. The van der Waals surface area contributed by atoms with Crippen LogP contribution in [0.5, 0.6) is 5.75 Å². The number of methoxy groups -OCH3 is 1. The van der Waals surface area contributed by atoms with Crippen LogP contribution in [0.25, 0.3) is 33.4 Å². The van der Waals surface area contributed by atoms with Crippen molar-refractivity contribution in [1.82, 2.24) is 29.7 Å². The molecular formula is C30H29N7O. The molecule has 8 nitrogen and oxygen atoms in total. The number of anilines is 1. The van der Waals surface area contributed by atoms with Gasteiger partial charge in [0.1, 0.15) is 23.5 Å². The lowest BCUT2D eigenvalue weighted by atomic mass is 10.0. The molecule has 0 saturated carbocycles. The molecule has 0 spiro atoms. The summed E-state index contributed by atoms with van der Waals surface area (Å²) in [6, 6.07) is 22.6. The number of benzene rings is 2. The van der Waals surface area contributed by atoms with Gasteiger partial charge < -0.3 is 20.0 Å². The Kier molecular flexibility index (Phi) is 6.13. The molecule has 38 heavy (non-hydrogen) atoms. The number of nitrogens with one attached hydrogen (secondary N) is 3.